The fourth-order valence-corrected chi connectivity index (χ4v) is 4.40. The van der Waals surface area contributed by atoms with Crippen LogP contribution in [0.4, 0.5) is 0 Å². The maximum absolute atomic E-state index is 13.3. The lowest BCUT2D eigenvalue weighted by Gasteiger charge is -2.28. The minimum absolute atomic E-state index is 0.00671. The van der Waals surface area contributed by atoms with Crippen molar-refractivity contribution < 1.29 is 29.3 Å². The minimum Gasteiger partial charge on any atom is -0.507 e. The number of ketones is 1. The Labute approximate surface area is 206 Å². The molecule has 0 bridgehead atoms. The SMILES string of the molecule is CCOc1cc([C@H]2C(=C(O)c3ccc(OC)c(C)c3)C(=O)C(=O)N2CCN(CC)CC)ccc1O. The summed E-state index contributed by atoms with van der Waals surface area (Å²) in [6.45, 7) is 10.6. The smallest absolute Gasteiger partial charge is 0.295 e. The zero-order valence-corrected chi connectivity index (χ0v) is 21.0. The molecule has 0 aromatic heterocycles. The number of aryl methyl sites for hydroxylation is 1. The topological polar surface area (TPSA) is 99.5 Å². The standard InChI is InChI=1S/C27H34N2O6/c1-6-28(7-2)13-14-29-24(18-9-11-20(30)22(16-18)35-8-3)23(26(32)27(29)33)25(31)19-10-12-21(34-5)17(4)15-19/h9-12,15-16,24,30-31H,6-8,13-14H2,1-5H3/t24-/m0/s1. The molecule has 1 aliphatic rings. The number of likely N-dealkylation sites (N-methyl/N-ethyl adjacent to an activating group) is 1. The van der Waals surface area contributed by atoms with Gasteiger partial charge in [0.05, 0.1) is 25.3 Å². The van der Waals surface area contributed by atoms with Crippen molar-refractivity contribution in [3.8, 4) is 17.2 Å². The number of likely N-dealkylation sites (tertiary alicyclic amines) is 1. The normalized spacial score (nSPS) is 17.3. The molecule has 8 heteroatoms. The van der Waals surface area contributed by atoms with E-state index < -0.39 is 17.7 Å². The van der Waals surface area contributed by atoms with Gasteiger partial charge in [0.25, 0.3) is 11.7 Å². The molecule has 0 spiro atoms. The van der Waals surface area contributed by atoms with Crippen molar-refractivity contribution in [1.82, 2.24) is 9.80 Å². The third-order valence-electron chi connectivity index (χ3n) is 6.36. The van der Waals surface area contributed by atoms with Crippen molar-refractivity contribution in [3.05, 3.63) is 58.7 Å². The number of carbonyl (C=O) groups excluding carboxylic acids is 2. The summed E-state index contributed by atoms with van der Waals surface area (Å²) < 4.78 is 10.8. The van der Waals surface area contributed by atoms with E-state index in [2.05, 4.69) is 4.90 Å². The van der Waals surface area contributed by atoms with E-state index in [-0.39, 0.29) is 22.8 Å². The highest BCUT2D eigenvalue weighted by molar-refractivity contribution is 6.46. The number of phenols is 1. The van der Waals surface area contributed by atoms with Gasteiger partial charge in [-0.25, -0.2) is 0 Å². The van der Waals surface area contributed by atoms with Crippen LogP contribution in [0.15, 0.2) is 42.0 Å². The van der Waals surface area contributed by atoms with Gasteiger partial charge in [-0.2, -0.15) is 0 Å². The van der Waals surface area contributed by atoms with Crippen molar-refractivity contribution in [2.45, 2.75) is 33.7 Å². The largest absolute Gasteiger partial charge is 0.507 e. The van der Waals surface area contributed by atoms with Gasteiger partial charge in [-0.1, -0.05) is 19.9 Å². The van der Waals surface area contributed by atoms with E-state index in [9.17, 15) is 19.8 Å². The maximum Gasteiger partial charge on any atom is 0.295 e. The Morgan fingerprint density at radius 2 is 1.77 bits per heavy atom. The lowest BCUT2D eigenvalue weighted by atomic mass is 9.94. The van der Waals surface area contributed by atoms with Crippen LogP contribution in [0, 0.1) is 6.92 Å². The number of ether oxygens (including phenoxy) is 2. The average Bonchev–Trinajstić information content (AvgIpc) is 3.10. The van der Waals surface area contributed by atoms with E-state index in [1.54, 1.807) is 44.4 Å². The van der Waals surface area contributed by atoms with Gasteiger partial charge >= 0.3 is 0 Å². The molecule has 188 valence electrons. The van der Waals surface area contributed by atoms with E-state index in [1.807, 2.05) is 20.8 Å². The van der Waals surface area contributed by atoms with Crippen LogP contribution in [0.25, 0.3) is 5.76 Å². The van der Waals surface area contributed by atoms with Crippen molar-refractivity contribution in [1.29, 1.82) is 0 Å². The van der Waals surface area contributed by atoms with Gasteiger partial charge in [-0.3, -0.25) is 9.59 Å². The first kappa shape index (κ1) is 26.1. The van der Waals surface area contributed by atoms with E-state index in [0.29, 0.717) is 36.6 Å². The van der Waals surface area contributed by atoms with Gasteiger partial charge in [-0.15, -0.1) is 0 Å². The van der Waals surface area contributed by atoms with Crippen molar-refractivity contribution in [3.63, 3.8) is 0 Å². The quantitative estimate of drug-likeness (QED) is 0.301. The number of methoxy groups -OCH3 is 1. The lowest BCUT2D eigenvalue weighted by molar-refractivity contribution is -0.140. The molecular weight excluding hydrogens is 448 g/mol. The summed E-state index contributed by atoms with van der Waals surface area (Å²) in [6, 6.07) is 9.00. The minimum atomic E-state index is -0.826. The molecule has 1 atom stereocenters. The number of hydrogen-bond donors (Lipinski definition) is 2. The van der Waals surface area contributed by atoms with E-state index in [4.69, 9.17) is 9.47 Å². The van der Waals surface area contributed by atoms with Crippen LogP contribution in [-0.4, -0.2) is 71.6 Å². The van der Waals surface area contributed by atoms with Gasteiger partial charge < -0.3 is 29.5 Å². The first-order chi connectivity index (χ1) is 16.8. The molecule has 2 aromatic rings. The number of Topliss-reactive ketones (excluding diaryl/α,β-unsaturated/α-hetero) is 1. The third-order valence-corrected chi connectivity index (χ3v) is 6.36. The van der Waals surface area contributed by atoms with Gasteiger partial charge in [0, 0.05) is 18.7 Å². The maximum atomic E-state index is 13.3. The van der Waals surface area contributed by atoms with Crippen LogP contribution in [0.2, 0.25) is 0 Å². The Morgan fingerprint density at radius 1 is 1.06 bits per heavy atom. The molecule has 2 N–H and O–H groups in total. The van der Waals surface area contributed by atoms with Gasteiger partial charge in [-0.05, 0) is 68.4 Å². The number of phenolic OH excluding ortho intramolecular Hbond substituents is 1. The summed E-state index contributed by atoms with van der Waals surface area (Å²) in [5, 5.41) is 21.5. The van der Waals surface area contributed by atoms with Crippen molar-refractivity contribution in [2.75, 3.05) is 39.9 Å². The molecular formula is C27H34N2O6. The second-order valence-corrected chi connectivity index (χ2v) is 8.36. The number of rotatable bonds is 10. The predicted molar refractivity (Wildman–Crippen MR) is 134 cm³/mol. The van der Waals surface area contributed by atoms with Crippen molar-refractivity contribution in [2.24, 2.45) is 0 Å². The Balaban J connectivity index is 2.16. The number of aliphatic hydroxyl groups is 1. The number of aliphatic hydroxyl groups excluding tert-OH is 1. The lowest BCUT2D eigenvalue weighted by Crippen LogP contribution is -2.38. The number of nitrogens with zero attached hydrogens (tertiary/aromatic N) is 2. The van der Waals surface area contributed by atoms with Crippen LogP contribution in [0.5, 0.6) is 17.2 Å². The van der Waals surface area contributed by atoms with E-state index >= 15 is 0 Å². The number of amides is 1. The average molecular weight is 483 g/mol. The molecule has 1 fully saturated rings. The summed E-state index contributed by atoms with van der Waals surface area (Å²) in [4.78, 5) is 30.1. The monoisotopic (exact) mass is 482 g/mol. The summed E-state index contributed by atoms with van der Waals surface area (Å²) in [7, 11) is 1.56. The molecule has 2 aromatic carbocycles. The summed E-state index contributed by atoms with van der Waals surface area (Å²) in [5.74, 6) is -0.805. The van der Waals surface area contributed by atoms with Crippen LogP contribution in [-0.2, 0) is 9.59 Å². The second-order valence-electron chi connectivity index (χ2n) is 8.36. The van der Waals surface area contributed by atoms with Gasteiger partial charge in [0.2, 0.25) is 0 Å². The highest BCUT2D eigenvalue weighted by Crippen LogP contribution is 2.42. The summed E-state index contributed by atoms with van der Waals surface area (Å²) >= 11 is 0. The molecule has 35 heavy (non-hydrogen) atoms. The third kappa shape index (κ3) is 5.27. The summed E-state index contributed by atoms with van der Waals surface area (Å²) in [5.41, 5.74) is 1.77. The zero-order valence-electron chi connectivity index (χ0n) is 21.0. The second kappa shape index (κ2) is 11.3. The molecule has 0 saturated carbocycles. The molecule has 0 aliphatic carbocycles. The fourth-order valence-electron chi connectivity index (χ4n) is 4.40. The molecule has 0 unspecified atom stereocenters. The fraction of sp³-hybridized carbons (Fsp3) is 0.407. The van der Waals surface area contributed by atoms with Crippen LogP contribution >= 0.6 is 0 Å². The van der Waals surface area contributed by atoms with Crippen molar-refractivity contribution >= 4 is 17.4 Å². The van der Waals surface area contributed by atoms with E-state index in [1.165, 1.54) is 11.0 Å². The predicted octanol–water partition coefficient (Wildman–Crippen LogP) is 3.87. The highest BCUT2D eigenvalue weighted by atomic mass is 16.5. The zero-order chi connectivity index (χ0) is 25.7. The molecule has 1 aliphatic heterocycles. The van der Waals surface area contributed by atoms with Crippen LogP contribution in [0.3, 0.4) is 0 Å². The van der Waals surface area contributed by atoms with Gasteiger partial charge in [0.1, 0.15) is 11.5 Å². The first-order valence-corrected chi connectivity index (χ1v) is 11.9. The highest BCUT2D eigenvalue weighted by Gasteiger charge is 2.46. The molecule has 3 rings (SSSR count). The number of hydrogen-bond acceptors (Lipinski definition) is 7. The Morgan fingerprint density at radius 3 is 2.37 bits per heavy atom. The van der Waals surface area contributed by atoms with Crippen LogP contribution < -0.4 is 9.47 Å². The summed E-state index contributed by atoms with van der Waals surface area (Å²) in [6.07, 6.45) is 0. The van der Waals surface area contributed by atoms with E-state index in [0.717, 1.165) is 18.7 Å². The molecule has 1 amide bonds. The number of aromatic hydroxyl groups is 1. The Kier molecular flexibility index (Phi) is 8.40. The molecule has 1 saturated heterocycles. The molecule has 8 nitrogen and oxygen atoms in total. The Hall–Kier alpha value is -3.52. The van der Waals surface area contributed by atoms with Gasteiger partial charge in [0.15, 0.2) is 11.5 Å². The Bertz CT molecular complexity index is 1120. The first-order valence-electron chi connectivity index (χ1n) is 11.9. The number of benzene rings is 2. The van der Waals surface area contributed by atoms with Crippen LogP contribution in [0.1, 0.15) is 43.5 Å². The molecule has 1 heterocycles. The number of carbonyl (C=O) groups is 2. The molecule has 0 radical (unpaired) electrons.